The maximum atomic E-state index is 12.5. The molecule has 0 unspecified atom stereocenters. The number of hydrogen-bond acceptors (Lipinski definition) is 8. The number of carbonyl (C=O) groups is 2. The van der Waals surface area contributed by atoms with E-state index in [-0.39, 0.29) is 0 Å². The summed E-state index contributed by atoms with van der Waals surface area (Å²) in [5.41, 5.74) is 8.23. The van der Waals surface area contributed by atoms with Gasteiger partial charge in [0.05, 0.1) is 31.0 Å². The molecule has 0 saturated carbocycles. The number of carbonyl (C=O) groups excluding carboxylic acids is 2. The van der Waals surface area contributed by atoms with Gasteiger partial charge in [-0.1, -0.05) is 60.7 Å². The highest BCUT2D eigenvalue weighted by atomic mass is 28.3. The number of rotatable bonds is 6. The van der Waals surface area contributed by atoms with Crippen molar-refractivity contribution >= 4 is 25.7 Å². The third-order valence-electron chi connectivity index (χ3n) is 6.78. The Kier molecular flexibility index (Phi) is 13.0. The number of nitrogens with zero attached hydrogens (tertiary/aromatic N) is 5. The third-order valence-corrected chi connectivity index (χ3v) is 7.65. The summed E-state index contributed by atoms with van der Waals surface area (Å²) in [5.74, 6) is 20.5. The van der Waals surface area contributed by atoms with Gasteiger partial charge in [0.2, 0.25) is 0 Å². The Bertz CT molecular complexity index is 2220. The van der Waals surface area contributed by atoms with Gasteiger partial charge in [-0.2, -0.15) is 0 Å². The average molecular weight is 692 g/mol. The van der Waals surface area contributed by atoms with Crippen LogP contribution in [0.25, 0.3) is 0 Å². The van der Waals surface area contributed by atoms with Gasteiger partial charge in [-0.25, -0.2) is 19.6 Å². The highest BCUT2D eigenvalue weighted by Crippen LogP contribution is 2.20. The van der Waals surface area contributed by atoms with Crippen molar-refractivity contribution in [2.24, 2.45) is 10.3 Å². The van der Waals surface area contributed by atoms with Crippen LogP contribution in [0.5, 0.6) is 0 Å². The topological polar surface area (TPSA) is 106 Å². The van der Waals surface area contributed by atoms with Crippen molar-refractivity contribution in [2.45, 2.75) is 33.5 Å². The van der Waals surface area contributed by atoms with Crippen molar-refractivity contribution in [1.29, 1.82) is 0 Å². The van der Waals surface area contributed by atoms with Crippen LogP contribution in [0.3, 0.4) is 0 Å². The molecule has 0 N–H and O–H groups in total. The molecule has 0 bridgehead atoms. The van der Waals surface area contributed by atoms with E-state index in [1.165, 1.54) is 14.2 Å². The van der Waals surface area contributed by atoms with Crippen LogP contribution in [-0.2, 0) is 9.47 Å². The number of pyridine rings is 2. The summed E-state index contributed by atoms with van der Waals surface area (Å²) >= 11 is 0. The van der Waals surface area contributed by atoms with Crippen LogP contribution in [0.2, 0.25) is 19.6 Å². The molecule has 9 nitrogen and oxygen atoms in total. The zero-order valence-electron chi connectivity index (χ0n) is 29.7. The zero-order valence-corrected chi connectivity index (χ0v) is 30.7. The first-order valence-electron chi connectivity index (χ1n) is 16.1. The average Bonchev–Trinajstić information content (AvgIpc) is 3.14. The molecule has 51 heavy (non-hydrogen) atoms. The minimum atomic E-state index is -1.55. The monoisotopic (exact) mass is 691 g/mol. The first-order valence-corrected chi connectivity index (χ1v) is 19.6. The fraction of sp³-hybridized carbons (Fsp3) is 0.220. The van der Waals surface area contributed by atoms with E-state index in [1.54, 1.807) is 59.6 Å². The van der Waals surface area contributed by atoms with Gasteiger partial charge in [0.15, 0.2) is 0 Å². The van der Waals surface area contributed by atoms with E-state index >= 15 is 0 Å². The number of hydrogen-bond donors (Lipinski definition) is 0. The predicted molar refractivity (Wildman–Crippen MR) is 200 cm³/mol. The molecule has 0 radical (unpaired) electrons. The van der Waals surface area contributed by atoms with Crippen LogP contribution in [0.1, 0.15) is 74.0 Å². The molecule has 2 aromatic carbocycles. The Morgan fingerprint density at radius 2 is 1.08 bits per heavy atom. The van der Waals surface area contributed by atoms with Gasteiger partial charge in [-0.05, 0) is 92.3 Å². The molecular formula is C41H37N5O4Si. The molecule has 4 rings (SSSR count). The molecule has 10 heteroatoms. The van der Waals surface area contributed by atoms with E-state index in [4.69, 9.17) is 9.47 Å². The molecule has 0 spiro atoms. The minimum Gasteiger partial charge on any atom is -0.465 e. The summed E-state index contributed by atoms with van der Waals surface area (Å²) in [6, 6.07) is 20.9. The van der Waals surface area contributed by atoms with Gasteiger partial charge < -0.3 is 9.47 Å². The van der Waals surface area contributed by atoms with E-state index in [1.807, 2.05) is 32.0 Å². The Balaban J connectivity index is 1.63. The highest BCUT2D eigenvalue weighted by Gasteiger charge is 2.10. The second-order valence-corrected chi connectivity index (χ2v) is 16.7. The van der Waals surface area contributed by atoms with Crippen molar-refractivity contribution in [3.8, 4) is 47.0 Å². The molecule has 2 aromatic heterocycles. The second kappa shape index (κ2) is 17.8. The van der Waals surface area contributed by atoms with Crippen molar-refractivity contribution in [2.75, 3.05) is 27.3 Å². The van der Waals surface area contributed by atoms with E-state index in [0.29, 0.717) is 69.4 Å². The number of ether oxygens (including phenoxy) is 2. The minimum absolute atomic E-state index is 0.306. The summed E-state index contributed by atoms with van der Waals surface area (Å²) in [5, 5.41) is 10.3. The summed E-state index contributed by atoms with van der Waals surface area (Å²) in [4.78, 5) is 33.9. The number of esters is 2. The van der Waals surface area contributed by atoms with Crippen LogP contribution in [0.15, 0.2) is 83.1 Å². The smallest absolute Gasteiger partial charge is 0.337 e. The lowest BCUT2D eigenvalue weighted by Crippen LogP contribution is -2.16. The molecule has 254 valence electrons. The Labute approximate surface area is 300 Å². The van der Waals surface area contributed by atoms with Gasteiger partial charge in [0.25, 0.3) is 0 Å². The summed E-state index contributed by atoms with van der Waals surface area (Å²) in [6.07, 6.45) is 0. The molecule has 0 aliphatic carbocycles. The SMILES string of the molecule is CCN(CC)N=Nc1cc(C#Cc2cccc(C#Cc3cc(C#Cc4cccc(C#C[Si](C)(C)C)n4)cc(C(=O)OC)c3)n2)cc(C(=O)OC)c1. The lowest BCUT2D eigenvalue weighted by atomic mass is 10.1. The zero-order chi connectivity index (χ0) is 36.8. The quantitative estimate of drug-likeness (QED) is 0.0719. The molecular weight excluding hydrogens is 655 g/mol. The van der Waals surface area contributed by atoms with Crippen LogP contribution in [0, 0.1) is 47.0 Å². The Morgan fingerprint density at radius 1 is 0.647 bits per heavy atom. The molecule has 0 fully saturated rings. The molecule has 0 aliphatic heterocycles. The predicted octanol–water partition coefficient (Wildman–Crippen LogP) is 6.82. The standard InChI is InChI=1S/C41H37N5O4Si/c1-8-46(9-2)45-44-39-28-32(27-34(29-39)41(48)50-4)18-21-36-13-10-12-35(42-36)19-16-30-24-31(26-33(25-30)40(47)49-3)17-20-37-14-11-15-38(43-37)22-23-51(5,6)7/h10-15,24-29H,8-9H2,1-7H3. The van der Waals surface area contributed by atoms with Gasteiger partial charge >= 0.3 is 11.9 Å². The van der Waals surface area contributed by atoms with E-state index in [9.17, 15) is 9.59 Å². The first-order chi connectivity index (χ1) is 24.5. The molecule has 0 atom stereocenters. The van der Waals surface area contributed by atoms with Gasteiger partial charge in [0.1, 0.15) is 30.8 Å². The largest absolute Gasteiger partial charge is 0.465 e. The van der Waals surface area contributed by atoms with Crippen molar-refractivity contribution in [3.05, 3.63) is 123 Å². The number of methoxy groups -OCH3 is 2. The molecule has 0 saturated heterocycles. The van der Waals surface area contributed by atoms with E-state index < -0.39 is 20.0 Å². The molecule has 4 aromatic rings. The number of benzene rings is 2. The summed E-state index contributed by atoms with van der Waals surface area (Å²) < 4.78 is 9.87. The fourth-order valence-electron chi connectivity index (χ4n) is 4.26. The Morgan fingerprint density at radius 3 is 1.51 bits per heavy atom. The summed E-state index contributed by atoms with van der Waals surface area (Å²) in [7, 11) is 1.09. The van der Waals surface area contributed by atoms with Crippen molar-refractivity contribution < 1.29 is 19.1 Å². The molecule has 0 aliphatic rings. The Hall–Kier alpha value is -6.46. The highest BCUT2D eigenvalue weighted by molar-refractivity contribution is 6.83. The summed E-state index contributed by atoms with van der Waals surface area (Å²) in [6.45, 7) is 11.9. The maximum absolute atomic E-state index is 12.5. The van der Waals surface area contributed by atoms with Gasteiger partial charge in [-0.3, -0.25) is 5.01 Å². The van der Waals surface area contributed by atoms with Crippen LogP contribution in [-0.4, -0.2) is 62.3 Å². The molecule has 2 heterocycles. The lowest BCUT2D eigenvalue weighted by molar-refractivity contribution is 0.0592. The van der Waals surface area contributed by atoms with Crippen molar-refractivity contribution in [3.63, 3.8) is 0 Å². The van der Waals surface area contributed by atoms with Crippen LogP contribution in [0.4, 0.5) is 5.69 Å². The second-order valence-electron chi connectivity index (χ2n) is 11.9. The number of aromatic nitrogens is 2. The normalized spacial score (nSPS) is 10.3. The fourth-order valence-corrected chi connectivity index (χ4v) is 4.76. The lowest BCUT2D eigenvalue weighted by Gasteiger charge is -2.11. The third kappa shape index (κ3) is 11.9. The first kappa shape index (κ1) is 37.4. The van der Waals surface area contributed by atoms with Gasteiger partial charge in [-0.15, -0.1) is 10.7 Å². The van der Waals surface area contributed by atoms with Crippen LogP contribution < -0.4 is 0 Å². The maximum Gasteiger partial charge on any atom is 0.337 e. The van der Waals surface area contributed by atoms with E-state index in [0.717, 1.165) is 0 Å². The van der Waals surface area contributed by atoms with Crippen LogP contribution >= 0.6 is 0 Å². The molecule has 0 amide bonds. The van der Waals surface area contributed by atoms with Gasteiger partial charge in [0, 0.05) is 29.8 Å². The van der Waals surface area contributed by atoms with Crippen molar-refractivity contribution in [1.82, 2.24) is 15.0 Å². The van der Waals surface area contributed by atoms with E-state index in [2.05, 4.69) is 86.9 Å².